The first-order valence-corrected chi connectivity index (χ1v) is 4.95. The van der Waals surface area contributed by atoms with E-state index in [4.69, 9.17) is 15.7 Å². The van der Waals surface area contributed by atoms with Gasteiger partial charge in [0.05, 0.1) is 12.6 Å². The normalized spacial score (nSPS) is 12.2. The number of methoxy groups -OCH3 is 1. The smallest absolute Gasteiger partial charge is 0.145 e. The summed E-state index contributed by atoms with van der Waals surface area (Å²) in [6.45, 7) is 0.587. The second-order valence-corrected chi connectivity index (χ2v) is 3.24. The van der Waals surface area contributed by atoms with E-state index in [0.717, 1.165) is 0 Å². The lowest BCUT2D eigenvalue weighted by Crippen LogP contribution is -2.26. The molecule has 7 heteroatoms. The lowest BCUT2D eigenvalue weighted by atomic mass is 10.2. The number of aliphatic hydroxyl groups excluding tert-OH is 1. The van der Waals surface area contributed by atoms with Gasteiger partial charge in [-0.3, -0.25) is 0 Å². The van der Waals surface area contributed by atoms with Crippen LogP contribution in [0.15, 0.2) is 12.4 Å². The quantitative estimate of drug-likeness (QED) is 0.370. The molecule has 0 saturated heterocycles. The molecule has 0 aromatic carbocycles. The Morgan fingerprint density at radius 2 is 2.25 bits per heavy atom. The van der Waals surface area contributed by atoms with E-state index in [0.29, 0.717) is 24.7 Å². The number of hydrazine groups is 1. The molecule has 0 aliphatic heterocycles. The molecule has 1 rings (SSSR count). The van der Waals surface area contributed by atoms with Gasteiger partial charge in [-0.15, -0.1) is 0 Å². The Hall–Kier alpha value is -1.44. The van der Waals surface area contributed by atoms with Crippen molar-refractivity contribution in [3.8, 4) is 0 Å². The van der Waals surface area contributed by atoms with Crippen LogP contribution in [0.1, 0.15) is 6.42 Å². The van der Waals surface area contributed by atoms with Gasteiger partial charge in [0.2, 0.25) is 0 Å². The number of aromatic nitrogens is 2. The molecule has 1 aromatic heterocycles. The topological polar surface area (TPSA) is 105 Å². The summed E-state index contributed by atoms with van der Waals surface area (Å²) in [5, 5.41) is 12.0. The molecule has 0 bridgehead atoms. The first kappa shape index (κ1) is 12.6. The van der Waals surface area contributed by atoms with Crippen LogP contribution in [-0.2, 0) is 4.74 Å². The largest absolute Gasteiger partial charge is 0.396 e. The number of hydrogen-bond acceptors (Lipinski definition) is 7. The fourth-order valence-corrected chi connectivity index (χ4v) is 1.28. The number of aliphatic hydroxyl groups is 1. The molecule has 0 saturated carbocycles. The van der Waals surface area contributed by atoms with Gasteiger partial charge in [0, 0.05) is 19.8 Å². The number of anilines is 2. The lowest BCUT2D eigenvalue weighted by Gasteiger charge is -2.17. The van der Waals surface area contributed by atoms with E-state index in [-0.39, 0.29) is 12.6 Å². The Morgan fingerprint density at radius 1 is 1.50 bits per heavy atom. The maximum absolute atomic E-state index is 8.88. The van der Waals surface area contributed by atoms with Gasteiger partial charge in [0.1, 0.15) is 18.0 Å². The highest BCUT2D eigenvalue weighted by Crippen LogP contribution is 2.09. The Balaban J connectivity index is 2.60. The molecule has 90 valence electrons. The zero-order valence-electron chi connectivity index (χ0n) is 9.18. The van der Waals surface area contributed by atoms with Gasteiger partial charge in [-0.2, -0.15) is 0 Å². The van der Waals surface area contributed by atoms with Crippen LogP contribution >= 0.6 is 0 Å². The highest BCUT2D eigenvalue weighted by molar-refractivity contribution is 5.46. The van der Waals surface area contributed by atoms with E-state index >= 15 is 0 Å². The van der Waals surface area contributed by atoms with Crippen molar-refractivity contribution in [2.24, 2.45) is 5.84 Å². The zero-order valence-corrected chi connectivity index (χ0v) is 9.18. The van der Waals surface area contributed by atoms with Crippen molar-refractivity contribution in [2.75, 3.05) is 31.1 Å². The molecule has 7 nitrogen and oxygen atoms in total. The van der Waals surface area contributed by atoms with Crippen LogP contribution in [0.2, 0.25) is 0 Å². The molecule has 1 aromatic rings. The average molecular weight is 227 g/mol. The molecule has 1 unspecified atom stereocenters. The van der Waals surface area contributed by atoms with E-state index in [9.17, 15) is 0 Å². The van der Waals surface area contributed by atoms with Crippen LogP contribution in [0.4, 0.5) is 11.6 Å². The molecule has 0 spiro atoms. The number of rotatable bonds is 7. The van der Waals surface area contributed by atoms with Crippen molar-refractivity contribution < 1.29 is 9.84 Å². The van der Waals surface area contributed by atoms with Crippen molar-refractivity contribution in [1.82, 2.24) is 9.97 Å². The molecule has 0 amide bonds. The van der Waals surface area contributed by atoms with Gasteiger partial charge in [-0.05, 0) is 6.42 Å². The number of nitrogens with zero attached hydrogens (tertiary/aromatic N) is 2. The van der Waals surface area contributed by atoms with Crippen LogP contribution in [-0.4, -0.2) is 41.4 Å². The monoisotopic (exact) mass is 227 g/mol. The second kappa shape index (κ2) is 6.94. The molecule has 0 radical (unpaired) electrons. The molecule has 1 atom stereocenters. The van der Waals surface area contributed by atoms with Crippen molar-refractivity contribution in [3.05, 3.63) is 12.4 Å². The van der Waals surface area contributed by atoms with E-state index < -0.39 is 0 Å². The van der Waals surface area contributed by atoms with Crippen LogP contribution in [0, 0.1) is 0 Å². The molecule has 5 N–H and O–H groups in total. The Bertz CT molecular complexity index is 304. The van der Waals surface area contributed by atoms with Crippen LogP contribution in [0.3, 0.4) is 0 Å². The van der Waals surface area contributed by atoms with Gasteiger partial charge in [-0.1, -0.05) is 0 Å². The minimum absolute atomic E-state index is 0.00974. The maximum atomic E-state index is 8.88. The molecule has 0 fully saturated rings. The first-order valence-electron chi connectivity index (χ1n) is 4.95. The third-order valence-corrected chi connectivity index (χ3v) is 2.01. The summed E-state index contributed by atoms with van der Waals surface area (Å²) in [5.74, 6) is 6.40. The molecule has 1 heterocycles. The van der Waals surface area contributed by atoms with Crippen molar-refractivity contribution in [2.45, 2.75) is 12.5 Å². The number of nitrogens with one attached hydrogen (secondary N) is 2. The summed E-state index contributed by atoms with van der Waals surface area (Å²) < 4.78 is 5.03. The SMILES string of the molecule is COCC(CCO)Nc1cc(NN)ncn1. The van der Waals surface area contributed by atoms with E-state index in [2.05, 4.69) is 20.7 Å². The minimum Gasteiger partial charge on any atom is -0.396 e. The van der Waals surface area contributed by atoms with E-state index in [1.807, 2.05) is 0 Å². The fraction of sp³-hybridized carbons (Fsp3) is 0.556. The summed E-state index contributed by atoms with van der Waals surface area (Å²) in [7, 11) is 1.61. The number of ether oxygens (including phenoxy) is 1. The number of nitrogen functional groups attached to an aromatic ring is 1. The van der Waals surface area contributed by atoms with Gasteiger partial charge >= 0.3 is 0 Å². The van der Waals surface area contributed by atoms with E-state index in [1.165, 1.54) is 6.33 Å². The molecule has 0 aliphatic rings. The third kappa shape index (κ3) is 3.97. The summed E-state index contributed by atoms with van der Waals surface area (Å²) in [6, 6.07) is 1.69. The Labute approximate surface area is 94.0 Å². The predicted molar refractivity (Wildman–Crippen MR) is 60.8 cm³/mol. The zero-order chi connectivity index (χ0) is 11.8. The van der Waals surface area contributed by atoms with E-state index in [1.54, 1.807) is 13.2 Å². The summed E-state index contributed by atoms with van der Waals surface area (Å²) in [4.78, 5) is 7.93. The number of hydrogen-bond donors (Lipinski definition) is 4. The maximum Gasteiger partial charge on any atom is 0.145 e. The lowest BCUT2D eigenvalue weighted by molar-refractivity contribution is 0.170. The number of nitrogens with two attached hydrogens (primary N) is 1. The van der Waals surface area contributed by atoms with Crippen molar-refractivity contribution >= 4 is 11.6 Å². The average Bonchev–Trinajstić information content (AvgIpc) is 2.30. The van der Waals surface area contributed by atoms with Gasteiger partial charge in [-0.25, -0.2) is 15.8 Å². The molecule has 0 aliphatic carbocycles. The minimum atomic E-state index is 0.00974. The van der Waals surface area contributed by atoms with Crippen LogP contribution in [0.5, 0.6) is 0 Å². The van der Waals surface area contributed by atoms with Crippen molar-refractivity contribution in [1.29, 1.82) is 0 Å². The highest BCUT2D eigenvalue weighted by atomic mass is 16.5. The van der Waals surface area contributed by atoms with Crippen LogP contribution in [0.25, 0.3) is 0 Å². The second-order valence-electron chi connectivity index (χ2n) is 3.24. The van der Waals surface area contributed by atoms with Gasteiger partial charge in [0.25, 0.3) is 0 Å². The molecular weight excluding hydrogens is 210 g/mol. The first-order chi connectivity index (χ1) is 7.80. The Morgan fingerprint density at radius 3 is 2.88 bits per heavy atom. The standard InChI is InChI=1S/C9H17N5O2/c1-16-5-7(2-3-15)13-8-4-9(14-10)12-6-11-8/h4,6-7,15H,2-3,5,10H2,1H3,(H2,11,12,13,14). The van der Waals surface area contributed by atoms with Gasteiger partial charge < -0.3 is 20.6 Å². The third-order valence-electron chi connectivity index (χ3n) is 2.01. The van der Waals surface area contributed by atoms with Crippen molar-refractivity contribution in [3.63, 3.8) is 0 Å². The predicted octanol–water partition coefficient (Wildman–Crippen LogP) is -0.428. The fourth-order valence-electron chi connectivity index (χ4n) is 1.28. The van der Waals surface area contributed by atoms with Crippen LogP contribution < -0.4 is 16.6 Å². The summed E-state index contributed by atoms with van der Waals surface area (Å²) >= 11 is 0. The summed E-state index contributed by atoms with van der Waals surface area (Å²) in [6.07, 6.45) is 1.99. The molecule has 16 heavy (non-hydrogen) atoms. The molecular formula is C9H17N5O2. The highest BCUT2D eigenvalue weighted by Gasteiger charge is 2.08. The summed E-state index contributed by atoms with van der Waals surface area (Å²) in [5.41, 5.74) is 2.43. The van der Waals surface area contributed by atoms with Gasteiger partial charge in [0.15, 0.2) is 0 Å². The Kier molecular flexibility index (Phi) is 5.48.